The van der Waals surface area contributed by atoms with Gasteiger partial charge in [-0.2, -0.15) is 0 Å². The lowest BCUT2D eigenvalue weighted by atomic mass is 9.86. The van der Waals surface area contributed by atoms with Crippen molar-refractivity contribution in [2.24, 2.45) is 4.99 Å². The number of hydrogen-bond donors (Lipinski definition) is 0. The van der Waals surface area contributed by atoms with E-state index in [1.54, 1.807) is 0 Å². The molecule has 2 unspecified atom stereocenters. The zero-order valence-corrected chi connectivity index (χ0v) is 23.3. The Kier molecular flexibility index (Phi) is 7.29. The highest BCUT2D eigenvalue weighted by molar-refractivity contribution is 6.21. The lowest BCUT2D eigenvalue weighted by Crippen LogP contribution is -2.06. The number of nitrogens with zero attached hydrogens (tertiary/aromatic N) is 1. The van der Waals surface area contributed by atoms with E-state index in [1.807, 2.05) is 6.92 Å². The lowest BCUT2D eigenvalue weighted by Gasteiger charge is -2.19. The maximum Gasteiger partial charge on any atom is 0.0709 e. The first-order valence-corrected chi connectivity index (χ1v) is 14.3. The summed E-state index contributed by atoms with van der Waals surface area (Å²) in [5.74, 6) is 0.744. The minimum Gasteiger partial charge on any atom is -0.248 e. The van der Waals surface area contributed by atoms with Crippen molar-refractivity contribution in [1.82, 2.24) is 0 Å². The minimum absolute atomic E-state index is 0.310. The van der Waals surface area contributed by atoms with Gasteiger partial charge < -0.3 is 0 Å². The van der Waals surface area contributed by atoms with E-state index in [0.717, 1.165) is 35.4 Å². The van der Waals surface area contributed by atoms with Crippen LogP contribution in [-0.2, 0) is 0 Å². The van der Waals surface area contributed by atoms with Crippen molar-refractivity contribution >= 4 is 23.1 Å². The molecule has 0 amide bonds. The molecule has 6 rings (SSSR count). The van der Waals surface area contributed by atoms with E-state index >= 15 is 0 Å². The molecule has 0 bridgehead atoms. The van der Waals surface area contributed by atoms with Gasteiger partial charge in [-0.25, -0.2) is 4.99 Å². The van der Waals surface area contributed by atoms with Gasteiger partial charge in [-0.05, 0) is 71.7 Å². The molecule has 0 fully saturated rings. The van der Waals surface area contributed by atoms with Crippen LogP contribution in [0.5, 0.6) is 0 Å². The van der Waals surface area contributed by atoms with Gasteiger partial charge >= 0.3 is 0 Å². The third-order valence-corrected chi connectivity index (χ3v) is 8.33. The summed E-state index contributed by atoms with van der Waals surface area (Å²) >= 11 is 0. The number of benzene rings is 3. The lowest BCUT2D eigenvalue weighted by molar-refractivity contribution is 0.817. The van der Waals surface area contributed by atoms with Gasteiger partial charge in [0.2, 0.25) is 0 Å². The summed E-state index contributed by atoms with van der Waals surface area (Å²) in [5, 5.41) is 0. The molecule has 0 heterocycles. The molecule has 0 saturated carbocycles. The van der Waals surface area contributed by atoms with Crippen LogP contribution in [0, 0.1) is 0 Å². The summed E-state index contributed by atoms with van der Waals surface area (Å²) in [6, 6.07) is 26.4. The van der Waals surface area contributed by atoms with Crippen LogP contribution >= 0.6 is 0 Å². The summed E-state index contributed by atoms with van der Waals surface area (Å²) in [6.45, 7) is 8.80. The fourth-order valence-electron chi connectivity index (χ4n) is 6.21. The molecule has 0 saturated heterocycles. The van der Waals surface area contributed by atoms with Crippen molar-refractivity contribution in [3.63, 3.8) is 0 Å². The molecule has 3 aromatic rings. The summed E-state index contributed by atoms with van der Waals surface area (Å²) in [5.41, 5.74) is 13.4. The van der Waals surface area contributed by atoms with Crippen LogP contribution in [0.3, 0.4) is 0 Å². The maximum atomic E-state index is 5.24. The SMILES string of the molecule is C=C1C(c2ccc(C(C/C=C\C=C/C)c3ccccc3)cc2)=CC=CC1=NC1=C(C)C2CC=Cc3cccc1c32. The van der Waals surface area contributed by atoms with E-state index in [2.05, 4.69) is 141 Å². The second-order valence-electron chi connectivity index (χ2n) is 10.7. The first-order valence-electron chi connectivity index (χ1n) is 14.3. The van der Waals surface area contributed by atoms with Gasteiger partial charge in [-0.3, -0.25) is 0 Å². The Labute approximate surface area is 238 Å². The molecule has 0 aromatic heterocycles. The van der Waals surface area contributed by atoms with E-state index < -0.39 is 0 Å². The van der Waals surface area contributed by atoms with Gasteiger partial charge in [0.1, 0.15) is 0 Å². The Morgan fingerprint density at radius 3 is 2.52 bits per heavy atom. The Bertz CT molecular complexity index is 1650. The molecule has 3 aliphatic rings. The molecule has 196 valence electrons. The zero-order chi connectivity index (χ0) is 27.5. The van der Waals surface area contributed by atoms with Crippen LogP contribution < -0.4 is 0 Å². The maximum absolute atomic E-state index is 5.24. The van der Waals surface area contributed by atoms with Gasteiger partial charge in [0.05, 0.1) is 11.4 Å². The van der Waals surface area contributed by atoms with E-state index in [9.17, 15) is 0 Å². The molecule has 3 aliphatic carbocycles. The first-order chi connectivity index (χ1) is 19.7. The zero-order valence-electron chi connectivity index (χ0n) is 23.3. The van der Waals surface area contributed by atoms with Crippen LogP contribution in [0.15, 0.2) is 144 Å². The van der Waals surface area contributed by atoms with Gasteiger partial charge in [0.15, 0.2) is 0 Å². The van der Waals surface area contributed by atoms with Crippen molar-refractivity contribution < 1.29 is 0 Å². The summed E-state index contributed by atoms with van der Waals surface area (Å²) < 4.78 is 0. The van der Waals surface area contributed by atoms with E-state index in [1.165, 1.54) is 39.0 Å². The summed E-state index contributed by atoms with van der Waals surface area (Å²) in [4.78, 5) is 5.24. The molecule has 1 nitrogen and oxygen atoms in total. The monoisotopic (exact) mass is 517 g/mol. The van der Waals surface area contributed by atoms with Gasteiger partial charge in [-0.1, -0.05) is 128 Å². The van der Waals surface area contributed by atoms with E-state index in [4.69, 9.17) is 4.99 Å². The normalized spacial score (nSPS) is 19.6. The quantitative estimate of drug-likeness (QED) is 0.276. The van der Waals surface area contributed by atoms with Crippen molar-refractivity contribution in [3.8, 4) is 0 Å². The Morgan fingerprint density at radius 2 is 1.73 bits per heavy atom. The standard InChI is InChI=1S/C39H35N/c1-4-5-6-10-18-35(29-14-8-7-9-15-29)31-25-23-30(24-26-31)33-19-13-22-37(27(33)2)40-39-28(3)34-20-11-16-32-17-12-21-36(39)38(32)34/h4-17,19,21-26,34-35H,2,18,20H2,1,3H3/b5-4-,10-6-,40-37?. The summed E-state index contributed by atoms with van der Waals surface area (Å²) in [6.07, 6.45) is 21.5. The summed E-state index contributed by atoms with van der Waals surface area (Å²) in [7, 11) is 0. The molecule has 2 atom stereocenters. The predicted octanol–water partition coefficient (Wildman–Crippen LogP) is 10.2. The predicted molar refractivity (Wildman–Crippen MR) is 172 cm³/mol. The number of hydrogen-bond acceptors (Lipinski definition) is 1. The van der Waals surface area contributed by atoms with Crippen molar-refractivity contribution in [3.05, 3.63) is 173 Å². The fraction of sp³-hybridized carbons (Fsp3) is 0.154. The molecule has 1 heteroatoms. The highest BCUT2D eigenvalue weighted by Gasteiger charge is 2.31. The van der Waals surface area contributed by atoms with Crippen molar-refractivity contribution in [2.45, 2.75) is 38.5 Å². The largest absolute Gasteiger partial charge is 0.248 e. The molecular formula is C39H35N. The molecule has 0 aliphatic heterocycles. The molecular weight excluding hydrogens is 482 g/mol. The Morgan fingerprint density at radius 1 is 0.925 bits per heavy atom. The Balaban J connectivity index is 1.27. The van der Waals surface area contributed by atoms with Gasteiger partial charge in [-0.15, -0.1) is 0 Å². The second kappa shape index (κ2) is 11.3. The first kappa shape index (κ1) is 25.8. The van der Waals surface area contributed by atoms with Crippen LogP contribution in [0.25, 0.3) is 17.3 Å². The van der Waals surface area contributed by atoms with E-state index in [0.29, 0.717) is 11.8 Å². The molecule has 0 radical (unpaired) electrons. The topological polar surface area (TPSA) is 12.4 Å². The highest BCUT2D eigenvalue weighted by atomic mass is 14.8. The highest BCUT2D eigenvalue weighted by Crippen LogP contribution is 2.48. The molecule has 0 N–H and O–H groups in total. The second-order valence-corrected chi connectivity index (χ2v) is 10.7. The van der Waals surface area contributed by atoms with Crippen LogP contribution in [0.2, 0.25) is 0 Å². The molecule has 3 aromatic carbocycles. The number of aliphatic imine (C=N–C) groups is 1. The third-order valence-electron chi connectivity index (χ3n) is 8.33. The minimum atomic E-state index is 0.310. The Hall–Kier alpha value is -4.49. The average molecular weight is 518 g/mol. The fourth-order valence-corrected chi connectivity index (χ4v) is 6.21. The third kappa shape index (κ3) is 4.84. The van der Waals surface area contributed by atoms with Gasteiger partial charge in [0, 0.05) is 23.0 Å². The van der Waals surface area contributed by atoms with Gasteiger partial charge in [0.25, 0.3) is 0 Å². The molecule has 40 heavy (non-hydrogen) atoms. The number of rotatable bonds is 7. The molecule has 0 spiro atoms. The van der Waals surface area contributed by atoms with Crippen molar-refractivity contribution in [2.75, 3.05) is 0 Å². The van der Waals surface area contributed by atoms with Crippen LogP contribution in [-0.4, -0.2) is 5.71 Å². The van der Waals surface area contributed by atoms with Crippen LogP contribution in [0.4, 0.5) is 0 Å². The number of allylic oxidation sites excluding steroid dienone is 11. The van der Waals surface area contributed by atoms with E-state index in [-0.39, 0.29) is 0 Å². The smallest absolute Gasteiger partial charge is 0.0709 e. The van der Waals surface area contributed by atoms with Crippen molar-refractivity contribution in [1.29, 1.82) is 0 Å². The van der Waals surface area contributed by atoms with Crippen LogP contribution in [0.1, 0.15) is 71.9 Å². The average Bonchev–Trinajstić information content (AvgIpc) is 3.27.